The molecule has 190 valence electrons. The largest absolute Gasteiger partial charge is 0.361 e. The summed E-state index contributed by atoms with van der Waals surface area (Å²) >= 11 is 0. The molecule has 3 aromatic carbocycles. The summed E-state index contributed by atoms with van der Waals surface area (Å²) in [5.74, 6) is 2.85. The maximum atomic E-state index is 11.7. The lowest BCUT2D eigenvalue weighted by Gasteiger charge is -2.56. The Hall–Kier alpha value is -3.07. The van der Waals surface area contributed by atoms with Crippen LogP contribution in [0.1, 0.15) is 65.2 Å². The van der Waals surface area contributed by atoms with Crippen molar-refractivity contribution in [3.63, 3.8) is 0 Å². The Kier molecular flexibility index (Phi) is 5.29. The molecule has 0 spiro atoms. The molecular formula is C34H38N2O. The third-order valence-corrected chi connectivity index (χ3v) is 10.8. The molecule has 2 N–H and O–H groups in total. The zero-order valence-corrected chi connectivity index (χ0v) is 22.1. The molecule has 2 heterocycles. The van der Waals surface area contributed by atoms with E-state index in [1.165, 1.54) is 76.7 Å². The summed E-state index contributed by atoms with van der Waals surface area (Å²) in [7, 11) is 0. The molecule has 1 saturated heterocycles. The van der Waals surface area contributed by atoms with E-state index in [0.717, 1.165) is 30.6 Å². The number of hydrogen-bond acceptors (Lipinski definition) is 1. The molecule has 1 amide bonds. The number of benzene rings is 2. The van der Waals surface area contributed by atoms with Crippen molar-refractivity contribution in [1.29, 1.82) is 0 Å². The van der Waals surface area contributed by atoms with Crippen LogP contribution < -0.4 is 5.32 Å². The van der Waals surface area contributed by atoms with Gasteiger partial charge >= 0.3 is 0 Å². The highest BCUT2D eigenvalue weighted by atomic mass is 16.1. The number of carbonyl (C=O) groups excluding carboxylic acids is 1. The molecule has 5 atom stereocenters. The minimum atomic E-state index is 0.230. The van der Waals surface area contributed by atoms with Crippen LogP contribution in [0.2, 0.25) is 0 Å². The molecule has 2 saturated carbocycles. The highest BCUT2D eigenvalue weighted by Gasteiger charge is 2.55. The normalized spacial score (nSPS) is 32.6. The second kappa shape index (κ2) is 8.48. The average Bonchev–Trinajstić information content (AvgIpc) is 3.56. The lowest BCUT2D eigenvalue weighted by Crippen LogP contribution is -2.52. The Morgan fingerprint density at radius 3 is 2.57 bits per heavy atom. The predicted octanol–water partition coefficient (Wildman–Crippen LogP) is 8.50. The molecule has 37 heavy (non-hydrogen) atoms. The summed E-state index contributed by atoms with van der Waals surface area (Å²) in [6, 6.07) is 19.5. The molecule has 1 aliphatic heterocycles. The standard InChI is InChI=1S/C18H27NO.C16H11N/c1-17-9-3-4-13(17)12-5-6-15-18(2,14(12)7-10-17)11-8-16(20)19-15;1-3-11-6-7-14-13(12(11)4-1)8-9-16-15(14)5-2-10-17-16/h6,12-14H,3-5,7-11H2,1-2H3,(H,19,20);1-10,17H/t12-,13-,14-,17-,18+;/m0./s1. The fraction of sp³-hybridized carbons (Fsp3) is 0.441. The van der Waals surface area contributed by atoms with Crippen molar-refractivity contribution in [3.8, 4) is 0 Å². The topological polar surface area (TPSA) is 44.9 Å². The van der Waals surface area contributed by atoms with E-state index in [-0.39, 0.29) is 11.3 Å². The van der Waals surface area contributed by atoms with Gasteiger partial charge in [-0.05, 0) is 95.4 Å². The van der Waals surface area contributed by atoms with E-state index in [1.54, 1.807) is 0 Å². The van der Waals surface area contributed by atoms with Gasteiger partial charge in [0.1, 0.15) is 0 Å². The van der Waals surface area contributed by atoms with Gasteiger partial charge in [-0.15, -0.1) is 0 Å². The molecule has 0 bridgehead atoms. The quantitative estimate of drug-likeness (QED) is 0.238. The van der Waals surface area contributed by atoms with Crippen LogP contribution >= 0.6 is 0 Å². The third kappa shape index (κ3) is 3.57. The van der Waals surface area contributed by atoms with E-state index in [1.807, 2.05) is 6.20 Å². The lowest BCUT2D eigenvalue weighted by atomic mass is 9.50. The smallest absolute Gasteiger partial charge is 0.224 e. The second-order valence-electron chi connectivity index (χ2n) is 12.7. The third-order valence-electron chi connectivity index (χ3n) is 10.8. The number of hydrogen-bond donors (Lipinski definition) is 2. The maximum Gasteiger partial charge on any atom is 0.224 e. The predicted molar refractivity (Wildman–Crippen MR) is 153 cm³/mol. The molecule has 4 aliphatic rings. The molecule has 0 radical (unpaired) electrons. The van der Waals surface area contributed by atoms with Gasteiger partial charge in [-0.2, -0.15) is 0 Å². The molecule has 3 nitrogen and oxygen atoms in total. The van der Waals surface area contributed by atoms with Crippen molar-refractivity contribution in [3.05, 3.63) is 72.6 Å². The maximum absolute atomic E-state index is 11.7. The van der Waals surface area contributed by atoms with Gasteiger partial charge in [0.2, 0.25) is 5.91 Å². The van der Waals surface area contributed by atoms with E-state index >= 15 is 0 Å². The van der Waals surface area contributed by atoms with Crippen molar-refractivity contribution >= 4 is 38.4 Å². The van der Waals surface area contributed by atoms with Crippen LogP contribution in [0.4, 0.5) is 0 Å². The van der Waals surface area contributed by atoms with E-state index in [9.17, 15) is 4.79 Å². The minimum Gasteiger partial charge on any atom is -0.361 e. The number of aromatic nitrogens is 1. The number of piperidine rings is 1. The van der Waals surface area contributed by atoms with Gasteiger partial charge in [-0.3, -0.25) is 4.79 Å². The van der Waals surface area contributed by atoms with Crippen LogP contribution in [0, 0.1) is 28.6 Å². The average molecular weight is 491 g/mol. The number of amides is 1. The minimum absolute atomic E-state index is 0.230. The molecule has 4 aromatic rings. The number of nitrogens with one attached hydrogen (secondary N) is 2. The van der Waals surface area contributed by atoms with Crippen LogP contribution in [0.15, 0.2) is 72.6 Å². The molecule has 0 unspecified atom stereocenters. The van der Waals surface area contributed by atoms with Gasteiger partial charge in [0, 0.05) is 34.6 Å². The Balaban J connectivity index is 0.000000126. The Morgan fingerprint density at radius 1 is 0.811 bits per heavy atom. The first kappa shape index (κ1) is 23.1. The highest BCUT2D eigenvalue weighted by molar-refractivity contribution is 6.16. The Morgan fingerprint density at radius 2 is 1.65 bits per heavy atom. The van der Waals surface area contributed by atoms with Gasteiger partial charge in [0.15, 0.2) is 0 Å². The summed E-state index contributed by atoms with van der Waals surface area (Å²) in [6.07, 6.45) is 14.5. The molecule has 1 aromatic heterocycles. The number of H-pyrrole nitrogens is 1. The van der Waals surface area contributed by atoms with Gasteiger partial charge in [0.25, 0.3) is 0 Å². The van der Waals surface area contributed by atoms with Crippen molar-refractivity contribution in [2.24, 2.45) is 28.6 Å². The second-order valence-corrected chi connectivity index (χ2v) is 12.7. The number of pyridine rings is 1. The van der Waals surface area contributed by atoms with Crippen LogP contribution in [0.25, 0.3) is 32.4 Å². The van der Waals surface area contributed by atoms with Gasteiger partial charge in [-0.25, -0.2) is 0 Å². The van der Waals surface area contributed by atoms with Crippen LogP contribution in [0.3, 0.4) is 0 Å². The fourth-order valence-corrected chi connectivity index (χ4v) is 8.82. The van der Waals surface area contributed by atoms with E-state index in [2.05, 4.69) is 84.8 Å². The zero-order chi connectivity index (χ0) is 25.2. The van der Waals surface area contributed by atoms with Crippen LogP contribution in [-0.4, -0.2) is 10.9 Å². The van der Waals surface area contributed by atoms with Gasteiger partial charge in [-0.1, -0.05) is 68.8 Å². The van der Waals surface area contributed by atoms with E-state index < -0.39 is 0 Å². The summed E-state index contributed by atoms with van der Waals surface area (Å²) in [6.45, 7) is 4.97. The Labute approximate surface area is 219 Å². The molecule has 8 rings (SSSR count). The highest BCUT2D eigenvalue weighted by Crippen LogP contribution is 2.63. The van der Waals surface area contributed by atoms with E-state index in [4.69, 9.17) is 0 Å². The number of allylic oxidation sites excluding steroid dienone is 2. The summed E-state index contributed by atoms with van der Waals surface area (Å²) in [4.78, 5) is 15.0. The monoisotopic (exact) mass is 490 g/mol. The van der Waals surface area contributed by atoms with Crippen molar-refractivity contribution in [2.45, 2.75) is 65.2 Å². The summed E-state index contributed by atoms with van der Waals surface area (Å²) < 4.78 is 0. The number of rotatable bonds is 0. The van der Waals surface area contributed by atoms with E-state index in [0.29, 0.717) is 5.41 Å². The zero-order valence-electron chi connectivity index (χ0n) is 22.1. The molecular weight excluding hydrogens is 452 g/mol. The lowest BCUT2D eigenvalue weighted by molar-refractivity contribution is -0.124. The van der Waals surface area contributed by atoms with Crippen molar-refractivity contribution in [2.75, 3.05) is 0 Å². The van der Waals surface area contributed by atoms with Gasteiger partial charge < -0.3 is 10.3 Å². The van der Waals surface area contributed by atoms with Crippen LogP contribution in [-0.2, 0) is 4.79 Å². The van der Waals surface area contributed by atoms with Crippen LogP contribution in [0.5, 0.6) is 0 Å². The first-order valence-corrected chi connectivity index (χ1v) is 14.3. The van der Waals surface area contributed by atoms with Crippen molar-refractivity contribution in [1.82, 2.24) is 10.3 Å². The SMILES string of the molecule is C[C@@]12CCC[C@H]1[C@@H]1CC=C3NC(=O)CC[C@]3(C)[C@H]1CC2.c1cc2ccc3c4ccc[nH]c4ccc3c2c1. The molecule has 3 heteroatoms. The molecule has 3 fully saturated rings. The van der Waals surface area contributed by atoms with Crippen molar-refractivity contribution < 1.29 is 4.79 Å². The number of carbonyl (C=O) groups is 1. The first-order valence-electron chi connectivity index (χ1n) is 14.3. The van der Waals surface area contributed by atoms with Gasteiger partial charge in [0.05, 0.1) is 0 Å². The summed E-state index contributed by atoms with van der Waals surface area (Å²) in [5.41, 5.74) is 3.32. The number of aromatic amines is 1. The fourth-order valence-electron chi connectivity index (χ4n) is 8.82. The number of fused-ring (bicyclic) bond motifs is 10. The first-order chi connectivity index (χ1) is 18.0. The summed E-state index contributed by atoms with van der Waals surface area (Å²) in [5, 5.41) is 9.78. The molecule has 3 aliphatic carbocycles. The Bertz CT molecular complexity index is 1550.